The van der Waals surface area contributed by atoms with Crippen molar-refractivity contribution in [3.05, 3.63) is 23.9 Å². The lowest BCUT2D eigenvalue weighted by Crippen LogP contribution is -2.53. The highest BCUT2D eigenvalue weighted by Gasteiger charge is 2.20. The maximum absolute atomic E-state index is 4.54. The van der Waals surface area contributed by atoms with Crippen LogP contribution in [0.3, 0.4) is 0 Å². The zero-order chi connectivity index (χ0) is 13.8. The van der Waals surface area contributed by atoms with E-state index in [9.17, 15) is 0 Å². The summed E-state index contributed by atoms with van der Waals surface area (Å²) in [6, 6.07) is 5.46. The van der Waals surface area contributed by atoms with Crippen molar-refractivity contribution in [3.63, 3.8) is 0 Å². The second-order valence-electron chi connectivity index (χ2n) is 5.70. The number of hydrogen-bond acceptors (Lipinski definition) is 4. The number of piperazine rings is 1. The predicted octanol–water partition coefficient (Wildman–Crippen LogP) is 2.14. The molecule has 2 rings (SSSR count). The minimum Gasteiger partial charge on any atom is -0.360 e. The molecule has 2 unspecified atom stereocenters. The first-order valence-electron chi connectivity index (χ1n) is 7.23. The van der Waals surface area contributed by atoms with Crippen LogP contribution in [-0.2, 0) is 6.54 Å². The van der Waals surface area contributed by atoms with Crippen molar-refractivity contribution in [2.75, 3.05) is 31.6 Å². The molecule has 0 radical (unpaired) electrons. The van der Waals surface area contributed by atoms with Crippen LogP contribution in [0.15, 0.2) is 18.3 Å². The fourth-order valence-corrected chi connectivity index (χ4v) is 2.73. The summed E-state index contributed by atoms with van der Waals surface area (Å²) in [7, 11) is 2.07. The molecule has 0 bridgehead atoms. The van der Waals surface area contributed by atoms with E-state index in [0.717, 1.165) is 32.0 Å². The van der Waals surface area contributed by atoms with E-state index < -0.39 is 0 Å². The van der Waals surface area contributed by atoms with Crippen LogP contribution >= 0.6 is 12.4 Å². The lowest BCUT2D eigenvalue weighted by atomic mass is 10.1. The highest BCUT2D eigenvalue weighted by molar-refractivity contribution is 5.85. The summed E-state index contributed by atoms with van der Waals surface area (Å²) < 4.78 is 0. The molecule has 20 heavy (non-hydrogen) atoms. The zero-order valence-electron chi connectivity index (χ0n) is 13.0. The molecule has 0 aromatic carbocycles. The molecule has 1 aliphatic rings. The van der Waals surface area contributed by atoms with Crippen molar-refractivity contribution in [3.8, 4) is 0 Å². The Morgan fingerprint density at radius 1 is 1.30 bits per heavy atom. The Morgan fingerprint density at radius 3 is 2.45 bits per heavy atom. The second-order valence-corrected chi connectivity index (χ2v) is 5.70. The van der Waals surface area contributed by atoms with Gasteiger partial charge in [-0.25, -0.2) is 4.98 Å². The summed E-state index contributed by atoms with van der Waals surface area (Å²) in [6.45, 7) is 10.8. The number of rotatable bonds is 4. The quantitative estimate of drug-likeness (QED) is 0.923. The van der Waals surface area contributed by atoms with Crippen LogP contribution in [0.4, 0.5) is 5.82 Å². The molecular weight excluding hydrogens is 272 g/mol. The molecule has 1 aliphatic heterocycles. The van der Waals surface area contributed by atoms with Crippen molar-refractivity contribution >= 4 is 18.2 Å². The molecule has 5 heteroatoms. The summed E-state index contributed by atoms with van der Waals surface area (Å²) in [5.41, 5.74) is 1.30. The van der Waals surface area contributed by atoms with Gasteiger partial charge >= 0.3 is 0 Å². The lowest BCUT2D eigenvalue weighted by molar-refractivity contribution is 0.166. The van der Waals surface area contributed by atoms with Crippen LogP contribution in [0.25, 0.3) is 0 Å². The molecular formula is C15H27ClN4. The van der Waals surface area contributed by atoms with Crippen LogP contribution in [0.2, 0.25) is 0 Å². The van der Waals surface area contributed by atoms with Crippen LogP contribution in [0.5, 0.6) is 0 Å². The third kappa shape index (κ3) is 4.62. The zero-order valence-corrected chi connectivity index (χ0v) is 13.8. The number of hydrogen-bond donors (Lipinski definition) is 1. The third-order valence-corrected chi connectivity index (χ3v) is 3.71. The van der Waals surface area contributed by atoms with Crippen molar-refractivity contribution in [2.45, 2.75) is 39.4 Å². The van der Waals surface area contributed by atoms with Gasteiger partial charge in [0.15, 0.2) is 0 Å². The molecule has 4 nitrogen and oxygen atoms in total. The molecule has 114 valence electrons. The maximum atomic E-state index is 4.54. The van der Waals surface area contributed by atoms with Crippen molar-refractivity contribution in [1.82, 2.24) is 15.2 Å². The van der Waals surface area contributed by atoms with Crippen LogP contribution in [0, 0.1) is 0 Å². The molecule has 2 heterocycles. The Morgan fingerprint density at radius 2 is 1.95 bits per heavy atom. The van der Waals surface area contributed by atoms with Gasteiger partial charge in [-0.1, -0.05) is 6.07 Å². The van der Waals surface area contributed by atoms with E-state index in [1.54, 1.807) is 0 Å². The minimum atomic E-state index is 0. The molecule has 1 saturated heterocycles. The molecule has 1 aromatic heterocycles. The van der Waals surface area contributed by atoms with E-state index >= 15 is 0 Å². The molecule has 2 atom stereocenters. The first-order valence-corrected chi connectivity index (χ1v) is 7.23. The molecule has 0 saturated carbocycles. The van der Waals surface area contributed by atoms with E-state index in [1.165, 1.54) is 5.56 Å². The highest BCUT2D eigenvalue weighted by atomic mass is 35.5. The van der Waals surface area contributed by atoms with Crippen LogP contribution in [0.1, 0.15) is 26.3 Å². The summed E-state index contributed by atoms with van der Waals surface area (Å²) >= 11 is 0. The lowest BCUT2D eigenvalue weighted by Gasteiger charge is -2.36. The van der Waals surface area contributed by atoms with Crippen molar-refractivity contribution in [1.29, 1.82) is 0 Å². The summed E-state index contributed by atoms with van der Waals surface area (Å²) in [5, 5.41) is 3.56. The average molecular weight is 299 g/mol. The Balaban J connectivity index is 0.00000200. The number of anilines is 1. The topological polar surface area (TPSA) is 31.4 Å². The Hall–Kier alpha value is -0.840. The predicted molar refractivity (Wildman–Crippen MR) is 87.8 cm³/mol. The van der Waals surface area contributed by atoms with Crippen molar-refractivity contribution < 1.29 is 0 Å². The number of pyridine rings is 1. The Kier molecular flexibility index (Phi) is 6.72. The number of nitrogens with one attached hydrogen (secondary N) is 1. The average Bonchev–Trinajstić information content (AvgIpc) is 2.37. The first kappa shape index (κ1) is 17.2. The largest absolute Gasteiger partial charge is 0.360 e. The fraction of sp³-hybridized carbons (Fsp3) is 0.667. The number of halogens is 1. The Labute approximate surface area is 129 Å². The van der Waals surface area contributed by atoms with Gasteiger partial charge in [0.1, 0.15) is 5.82 Å². The van der Waals surface area contributed by atoms with E-state index in [2.05, 4.69) is 60.1 Å². The smallest absolute Gasteiger partial charge is 0.128 e. The van der Waals surface area contributed by atoms with Gasteiger partial charge in [-0.2, -0.15) is 0 Å². The van der Waals surface area contributed by atoms with Gasteiger partial charge in [0.2, 0.25) is 0 Å². The van der Waals surface area contributed by atoms with E-state index in [4.69, 9.17) is 0 Å². The third-order valence-electron chi connectivity index (χ3n) is 3.71. The van der Waals surface area contributed by atoms with Gasteiger partial charge in [0.25, 0.3) is 0 Å². The number of nitrogens with zero attached hydrogens (tertiary/aromatic N) is 3. The molecule has 0 spiro atoms. The minimum absolute atomic E-state index is 0. The molecule has 1 aromatic rings. The number of aromatic nitrogens is 1. The molecule has 1 N–H and O–H groups in total. The second kappa shape index (κ2) is 7.81. The fourth-order valence-electron chi connectivity index (χ4n) is 2.73. The monoisotopic (exact) mass is 298 g/mol. The highest BCUT2D eigenvalue weighted by Crippen LogP contribution is 2.13. The normalized spacial score (nSPS) is 23.2. The van der Waals surface area contributed by atoms with E-state index in [0.29, 0.717) is 12.1 Å². The SMILES string of the molecule is CCN(C)c1ccc(CN2CC(C)NC(C)C2)cn1.Cl. The van der Waals surface area contributed by atoms with E-state index in [-0.39, 0.29) is 12.4 Å². The molecule has 1 fully saturated rings. The van der Waals surface area contributed by atoms with Gasteiger partial charge < -0.3 is 10.2 Å². The first-order chi connectivity index (χ1) is 9.08. The summed E-state index contributed by atoms with van der Waals surface area (Å²) in [5.74, 6) is 1.05. The Bertz CT molecular complexity index is 385. The molecule has 0 amide bonds. The van der Waals surface area contributed by atoms with Gasteiger partial charge in [0, 0.05) is 51.5 Å². The van der Waals surface area contributed by atoms with E-state index in [1.807, 2.05) is 6.20 Å². The van der Waals surface area contributed by atoms with Gasteiger partial charge in [-0.15, -0.1) is 12.4 Å². The standard InChI is InChI=1S/C15H26N4.ClH/c1-5-18(4)15-7-6-14(8-16-15)11-19-9-12(2)17-13(3)10-19;/h6-8,12-13,17H,5,9-11H2,1-4H3;1H. The summed E-state index contributed by atoms with van der Waals surface area (Å²) in [4.78, 5) is 9.19. The maximum Gasteiger partial charge on any atom is 0.128 e. The van der Waals surface area contributed by atoms with Gasteiger partial charge in [-0.3, -0.25) is 4.90 Å². The van der Waals surface area contributed by atoms with Gasteiger partial charge in [-0.05, 0) is 32.4 Å². The summed E-state index contributed by atoms with van der Waals surface area (Å²) in [6.07, 6.45) is 2.01. The van der Waals surface area contributed by atoms with Crippen LogP contribution in [-0.4, -0.2) is 48.6 Å². The van der Waals surface area contributed by atoms with Crippen LogP contribution < -0.4 is 10.2 Å². The molecule has 0 aliphatic carbocycles. The van der Waals surface area contributed by atoms with Gasteiger partial charge in [0.05, 0.1) is 0 Å². The van der Waals surface area contributed by atoms with Crippen molar-refractivity contribution in [2.24, 2.45) is 0 Å².